The Morgan fingerprint density at radius 2 is 1.66 bits per heavy atom. The van der Waals surface area contributed by atoms with Gasteiger partial charge in [0.2, 0.25) is 0 Å². The van der Waals surface area contributed by atoms with Gasteiger partial charge in [0, 0.05) is 12.0 Å². The number of unbranched alkanes of at least 4 members (excludes halogenated alkanes) is 3. The van der Waals surface area contributed by atoms with E-state index < -0.39 is 56.7 Å². The maximum Gasteiger partial charge on any atom is 0.466 e. The lowest BCUT2D eigenvalue weighted by Crippen LogP contribution is -2.57. The molecular formula is C14H27NO11S3. The van der Waals surface area contributed by atoms with Crippen molar-refractivity contribution in [2.45, 2.75) is 62.0 Å². The van der Waals surface area contributed by atoms with Crippen LogP contribution in [0.5, 0.6) is 0 Å². The highest BCUT2D eigenvalue weighted by Crippen LogP contribution is 2.30. The van der Waals surface area contributed by atoms with Crippen molar-refractivity contribution in [2.24, 2.45) is 5.16 Å². The predicted molar refractivity (Wildman–Crippen MR) is 104 cm³/mol. The predicted octanol–water partition coefficient (Wildman–Crippen LogP) is -1.35. The van der Waals surface area contributed by atoms with Crippen molar-refractivity contribution in [3.8, 4) is 0 Å². The topological polar surface area (TPSA) is 200 Å². The second-order valence-electron chi connectivity index (χ2n) is 6.60. The molecule has 1 rings (SSSR count). The molecule has 5 atom stereocenters. The molecule has 12 nitrogen and oxygen atoms in total. The maximum atomic E-state index is 11.1. The van der Waals surface area contributed by atoms with Crippen molar-refractivity contribution >= 4 is 37.0 Å². The van der Waals surface area contributed by atoms with Crippen LogP contribution >= 0.6 is 11.8 Å². The summed E-state index contributed by atoms with van der Waals surface area (Å²) in [5.74, 6) is 0.0550. The number of thioether (sulfide) groups is 1. The molecule has 0 aromatic rings. The highest BCUT2D eigenvalue weighted by atomic mass is 32.3. The summed E-state index contributed by atoms with van der Waals surface area (Å²) < 4.78 is 61.7. The number of ether oxygens (including phenoxy) is 1. The van der Waals surface area contributed by atoms with Gasteiger partial charge in [-0.25, -0.2) is 12.7 Å². The monoisotopic (exact) mass is 481 g/mol. The second-order valence-corrected chi connectivity index (χ2v) is 11.0. The van der Waals surface area contributed by atoms with E-state index in [9.17, 15) is 37.3 Å². The molecule has 1 aliphatic heterocycles. The third kappa shape index (κ3) is 10.4. The number of hydrogen-bond acceptors (Lipinski definition) is 12. The molecule has 5 N–H and O–H groups in total. The number of hydrogen-bond donors (Lipinski definition) is 5. The average molecular weight is 482 g/mol. The Morgan fingerprint density at radius 1 is 1.03 bits per heavy atom. The minimum Gasteiger partial charge on any atom is -0.394 e. The molecule has 0 aromatic heterocycles. The van der Waals surface area contributed by atoms with Crippen molar-refractivity contribution in [1.82, 2.24) is 0 Å². The lowest BCUT2D eigenvalue weighted by molar-refractivity contribution is -0.205. The number of aliphatic hydroxyl groups excluding tert-OH is 4. The van der Waals surface area contributed by atoms with Gasteiger partial charge in [0.25, 0.3) is 0 Å². The Hall–Kier alpha value is -0.520. The van der Waals surface area contributed by atoms with Gasteiger partial charge in [0.1, 0.15) is 44.7 Å². The second kappa shape index (κ2) is 11.8. The first kappa shape index (κ1) is 26.5. The Labute approximate surface area is 173 Å². The van der Waals surface area contributed by atoms with Crippen LogP contribution in [0.25, 0.3) is 0 Å². The molecule has 1 aliphatic rings. The number of aliphatic hydroxyl groups is 4. The molecule has 0 amide bonds. The summed E-state index contributed by atoms with van der Waals surface area (Å²) in [6.07, 6.45) is -2.47. The van der Waals surface area contributed by atoms with Crippen LogP contribution in [0.15, 0.2) is 5.16 Å². The minimum atomic E-state index is -4.86. The standard InChI is InChI=1S/C14H27NO11S3/c1-28(20,21)7-5-3-2-4-6-10(15-26-29(22,23)24)27-14-13(19)12(18)11(17)9(8-16)25-14/h9,11-14,16-19H,2-8H2,1H3,(H,22,23,24)/b15-10+/t9-,11+,12+,13-,14-/m1/s1. The first-order valence-electron chi connectivity index (χ1n) is 8.72. The SMILES string of the molecule is CS(=O)(=O)CCCCCC/C(=N\OS(=O)(=O)O)S[C@H]1O[C@H](CO)[C@H](O)[C@H](O)[C@H]1O. The van der Waals surface area contributed by atoms with Gasteiger partial charge in [-0.3, -0.25) is 4.55 Å². The van der Waals surface area contributed by atoms with E-state index in [2.05, 4.69) is 9.44 Å². The summed E-state index contributed by atoms with van der Waals surface area (Å²) in [6, 6.07) is 0. The number of rotatable bonds is 11. The third-order valence-corrected chi connectivity index (χ3v) is 6.46. The van der Waals surface area contributed by atoms with Crippen molar-refractivity contribution < 1.29 is 50.8 Å². The maximum absolute atomic E-state index is 11.1. The highest BCUT2D eigenvalue weighted by molar-refractivity contribution is 8.14. The number of nitrogens with zero attached hydrogens (tertiary/aromatic N) is 1. The summed E-state index contributed by atoms with van der Waals surface area (Å²) >= 11 is 0.707. The van der Waals surface area contributed by atoms with Gasteiger partial charge in [-0.2, -0.15) is 8.42 Å². The molecule has 172 valence electrons. The zero-order valence-corrected chi connectivity index (χ0v) is 18.1. The van der Waals surface area contributed by atoms with Crippen LogP contribution in [0.1, 0.15) is 32.1 Å². The summed E-state index contributed by atoms with van der Waals surface area (Å²) in [4.78, 5) is 0. The fourth-order valence-corrected chi connectivity index (χ4v) is 4.58. The molecule has 0 unspecified atom stereocenters. The van der Waals surface area contributed by atoms with E-state index in [1.165, 1.54) is 0 Å². The Morgan fingerprint density at radius 3 is 2.21 bits per heavy atom. The molecule has 1 fully saturated rings. The van der Waals surface area contributed by atoms with Gasteiger partial charge in [0.15, 0.2) is 0 Å². The summed E-state index contributed by atoms with van der Waals surface area (Å²) in [7, 11) is -7.91. The van der Waals surface area contributed by atoms with Gasteiger partial charge in [-0.15, -0.1) is 0 Å². The molecule has 0 spiro atoms. The summed E-state index contributed by atoms with van der Waals surface area (Å²) in [6.45, 7) is -0.629. The Bertz CT molecular complexity index is 738. The first-order valence-corrected chi connectivity index (χ1v) is 13.0. The van der Waals surface area contributed by atoms with Crippen molar-refractivity contribution in [3.05, 3.63) is 0 Å². The quantitative estimate of drug-likeness (QED) is 0.0764. The van der Waals surface area contributed by atoms with Crippen molar-refractivity contribution in [3.63, 3.8) is 0 Å². The smallest absolute Gasteiger partial charge is 0.394 e. The van der Waals surface area contributed by atoms with Gasteiger partial charge in [-0.1, -0.05) is 29.8 Å². The third-order valence-electron chi connectivity index (χ3n) is 3.99. The number of sulfone groups is 1. The zero-order valence-electron chi connectivity index (χ0n) is 15.7. The molecule has 0 aliphatic carbocycles. The average Bonchev–Trinajstić information content (AvgIpc) is 2.60. The van der Waals surface area contributed by atoms with Crippen LogP contribution < -0.4 is 0 Å². The fourth-order valence-electron chi connectivity index (χ4n) is 2.51. The van der Waals surface area contributed by atoms with Crippen LogP contribution in [0.4, 0.5) is 0 Å². The largest absolute Gasteiger partial charge is 0.466 e. The van der Waals surface area contributed by atoms with Gasteiger partial charge in [0.05, 0.1) is 6.61 Å². The molecule has 0 radical (unpaired) electrons. The van der Waals surface area contributed by atoms with Crippen molar-refractivity contribution in [2.75, 3.05) is 18.6 Å². The van der Waals surface area contributed by atoms with E-state index in [-0.39, 0.29) is 17.2 Å². The molecule has 1 saturated heterocycles. The summed E-state index contributed by atoms with van der Waals surface area (Å²) in [5, 5.41) is 42.2. The van der Waals surface area contributed by atoms with E-state index in [0.29, 0.717) is 37.4 Å². The minimum absolute atomic E-state index is 0.00932. The van der Waals surface area contributed by atoms with Crippen LogP contribution in [0.2, 0.25) is 0 Å². The number of oxime groups is 1. The lowest BCUT2D eigenvalue weighted by atomic mass is 10.0. The molecule has 1 heterocycles. The molecule has 0 saturated carbocycles. The van der Waals surface area contributed by atoms with Crippen LogP contribution in [-0.4, -0.2) is 95.3 Å². The molecule has 15 heteroatoms. The van der Waals surface area contributed by atoms with E-state index in [1.54, 1.807) is 0 Å². The summed E-state index contributed by atoms with van der Waals surface area (Å²) in [5.41, 5.74) is -1.19. The normalized spacial score (nSPS) is 29.0. The van der Waals surface area contributed by atoms with E-state index >= 15 is 0 Å². The van der Waals surface area contributed by atoms with Crippen molar-refractivity contribution in [1.29, 1.82) is 0 Å². The van der Waals surface area contributed by atoms with E-state index in [0.717, 1.165) is 6.26 Å². The van der Waals surface area contributed by atoms with E-state index in [4.69, 9.17) is 9.29 Å². The Balaban J connectivity index is 2.70. The molecule has 0 bridgehead atoms. The first-order chi connectivity index (χ1) is 13.3. The lowest BCUT2D eigenvalue weighted by Gasteiger charge is -2.39. The zero-order chi connectivity index (χ0) is 22.2. The van der Waals surface area contributed by atoms with Crippen LogP contribution in [0, 0.1) is 0 Å². The van der Waals surface area contributed by atoms with E-state index in [1.807, 2.05) is 0 Å². The van der Waals surface area contributed by atoms with Gasteiger partial charge in [-0.05, 0) is 19.3 Å². The van der Waals surface area contributed by atoms with Crippen LogP contribution in [-0.2, 0) is 29.3 Å². The van der Waals surface area contributed by atoms with Gasteiger partial charge < -0.3 is 25.2 Å². The molecular weight excluding hydrogens is 454 g/mol. The molecule has 29 heavy (non-hydrogen) atoms. The highest BCUT2D eigenvalue weighted by Gasteiger charge is 2.44. The van der Waals surface area contributed by atoms with Gasteiger partial charge >= 0.3 is 10.4 Å². The fraction of sp³-hybridized carbons (Fsp3) is 0.929. The van der Waals surface area contributed by atoms with Crippen LogP contribution in [0.3, 0.4) is 0 Å². The Kier molecular flexibility index (Phi) is 10.8. The molecule has 0 aromatic carbocycles.